The van der Waals surface area contributed by atoms with Crippen molar-refractivity contribution in [3.63, 3.8) is 0 Å². The number of hydrogen-bond acceptors (Lipinski definition) is 8. The van der Waals surface area contributed by atoms with Crippen molar-refractivity contribution in [3.8, 4) is 0 Å². The molecule has 0 saturated carbocycles. The van der Waals surface area contributed by atoms with Crippen LogP contribution in [0.2, 0.25) is 0 Å². The maximum atomic E-state index is 9.21. The van der Waals surface area contributed by atoms with Gasteiger partial charge in [-0.1, -0.05) is 0 Å². The zero-order valence-electron chi connectivity index (χ0n) is 5.63. The molecule has 10 nitrogen and oxygen atoms in total. The SMILES string of the molecule is [O-][N+](O)(O)[Pu].[O-][N+](O)(O)[Pu].[O]=[U]=[O]. The monoisotopic (exact) mass is 874 g/mol. The van der Waals surface area contributed by atoms with Crippen molar-refractivity contribution in [2.75, 3.05) is 0 Å². The number of nitrogens with zero attached hydrogens (tertiary/aromatic N) is 2. The van der Waals surface area contributed by atoms with E-state index >= 15 is 0 Å². The summed E-state index contributed by atoms with van der Waals surface area (Å²) in [5.41, 5.74) is 0. The molecule has 0 aromatic heterocycles. The topological polar surface area (TPSA) is 161 Å². The first-order valence-electron chi connectivity index (χ1n) is 1.94. The summed E-state index contributed by atoms with van der Waals surface area (Å²) in [5, 5.41) is 48.5. The molecule has 0 aromatic carbocycles. The van der Waals surface area contributed by atoms with Gasteiger partial charge in [0.2, 0.25) is 0 Å². The molecule has 0 atom stereocenters. The Kier molecular flexibility index (Phi) is 17.2. The van der Waals surface area contributed by atoms with Gasteiger partial charge in [-0.15, -0.1) is 0 Å². The van der Waals surface area contributed by atoms with Crippen molar-refractivity contribution >= 4 is 0 Å². The first-order valence-corrected chi connectivity index (χ1v) is 8.38. The molecule has 0 saturated heterocycles. The van der Waals surface area contributed by atoms with Crippen LogP contribution in [0.3, 0.4) is 0 Å². The molecule has 0 amide bonds. The molecule has 78 valence electrons. The van der Waals surface area contributed by atoms with Gasteiger partial charge in [0, 0.05) is 0 Å². The van der Waals surface area contributed by atoms with Crippen LogP contribution in [0.15, 0.2) is 0 Å². The molecule has 0 aliphatic carbocycles. The predicted molar refractivity (Wildman–Crippen MR) is 15.8 cm³/mol. The van der Waals surface area contributed by atoms with Crippen LogP contribution in [0.4, 0.5) is 0 Å². The van der Waals surface area contributed by atoms with E-state index in [1.165, 1.54) is 0 Å². The van der Waals surface area contributed by atoms with E-state index in [0.717, 1.165) is 0 Å². The molecule has 0 rings (SSSR count). The standard InChI is InChI=1S/2H2NO3.2O.2Pu.U/c2*2-1(3)4;;;;;/h2*2-3H;;;;;/q2*-1;;;2*+1;. The van der Waals surface area contributed by atoms with Crippen molar-refractivity contribution in [2.45, 2.75) is 0 Å². The first-order chi connectivity index (χ1) is 5.41. The van der Waals surface area contributed by atoms with Gasteiger partial charge in [-0.05, 0) is 0 Å². The van der Waals surface area contributed by atoms with Crippen LogP contribution in [-0.2, 0) is 4.47 Å². The van der Waals surface area contributed by atoms with E-state index in [1.807, 2.05) is 0 Å². The minimum atomic E-state index is -2.51. The number of rotatable bonds is 0. The summed E-state index contributed by atoms with van der Waals surface area (Å²) < 4.78 is 12.9. The van der Waals surface area contributed by atoms with Crippen LogP contribution in [0.1, 0.15) is 0 Å². The Morgan fingerprint density at radius 2 is 0.923 bits per heavy atom. The van der Waals surface area contributed by atoms with E-state index in [1.54, 1.807) is 0 Å². The van der Waals surface area contributed by atoms with E-state index in [2.05, 4.69) is 0 Å². The second-order valence-electron chi connectivity index (χ2n) is 1.06. The second-order valence-corrected chi connectivity index (χ2v) is 5.72. The van der Waals surface area contributed by atoms with Gasteiger partial charge >= 0.3 is 124 Å². The third-order valence-corrected chi connectivity index (χ3v) is 0. The summed E-state index contributed by atoms with van der Waals surface area (Å²) in [6.45, 7) is 0. The van der Waals surface area contributed by atoms with Crippen LogP contribution in [-0.4, -0.2) is 25.9 Å². The van der Waals surface area contributed by atoms with Gasteiger partial charge in [-0.2, -0.15) is 0 Å². The Bertz CT molecular complexity index is 117. The molecular formula is H4N2O8Pu2U. The molecule has 0 aromatic rings. The normalized spacial score (nSPS) is 10.0. The van der Waals surface area contributed by atoms with Crippen molar-refractivity contribution in [3.05, 3.63) is 10.4 Å². The van der Waals surface area contributed by atoms with E-state index in [0.29, 0.717) is 0 Å². The molecule has 0 unspecified atom stereocenters. The van der Waals surface area contributed by atoms with E-state index in [-0.39, 0.29) is 55.8 Å². The number of quaternary nitrogens is 2. The Morgan fingerprint density at radius 1 is 0.923 bits per heavy atom. The Hall–Kier alpha value is 2.31. The fourth-order valence-corrected chi connectivity index (χ4v) is 0. The van der Waals surface area contributed by atoms with Gasteiger partial charge in [0.15, 0.2) is 0 Å². The van der Waals surface area contributed by atoms with E-state index in [9.17, 15) is 10.4 Å². The zero-order chi connectivity index (χ0) is 11.7. The van der Waals surface area contributed by atoms with Crippen LogP contribution in [0.25, 0.3) is 0 Å². The van der Waals surface area contributed by atoms with Gasteiger partial charge in [-0.3, -0.25) is 0 Å². The molecule has 0 bridgehead atoms. The van der Waals surface area contributed by atoms with Crippen LogP contribution in [0.5, 0.6) is 0 Å². The van der Waals surface area contributed by atoms with Gasteiger partial charge < -0.3 is 0 Å². The molecule has 13 heteroatoms. The van der Waals surface area contributed by atoms with Gasteiger partial charge in [0.05, 0.1) is 0 Å². The van der Waals surface area contributed by atoms with E-state index < -0.39 is 32.9 Å². The Balaban J connectivity index is -0.000000120. The van der Waals surface area contributed by atoms with Gasteiger partial charge in [0.1, 0.15) is 0 Å². The average molecular weight is 886 g/mol. The molecule has 0 aliphatic heterocycles. The van der Waals surface area contributed by atoms with Crippen molar-refractivity contribution in [2.24, 2.45) is 0 Å². The van der Waals surface area contributed by atoms with Crippen molar-refractivity contribution in [1.29, 1.82) is 0 Å². The summed E-state index contributed by atoms with van der Waals surface area (Å²) in [4.78, 5) is 0. The molecule has 0 radical (unpaired) electrons. The van der Waals surface area contributed by atoms with Crippen molar-refractivity contribution < 1.29 is 114 Å². The quantitative estimate of drug-likeness (QED) is 0.222. The predicted octanol–water partition coefficient (Wildman–Crippen LogP) is -1.15. The third-order valence-electron chi connectivity index (χ3n) is 0. The summed E-state index contributed by atoms with van der Waals surface area (Å²) in [6, 6.07) is 0. The molecule has 0 aliphatic rings. The zero-order valence-corrected chi connectivity index (χ0v) is 16.6. The molecule has 0 spiro atoms. The summed E-state index contributed by atoms with van der Waals surface area (Å²) in [7, 11) is 0. The third kappa shape index (κ3) is 407. The summed E-state index contributed by atoms with van der Waals surface area (Å²) >= 11 is -2.76. The Morgan fingerprint density at radius 3 is 0.923 bits per heavy atom. The van der Waals surface area contributed by atoms with Crippen molar-refractivity contribution in [1.82, 2.24) is 0 Å². The van der Waals surface area contributed by atoms with Gasteiger partial charge in [0.25, 0.3) is 0 Å². The van der Waals surface area contributed by atoms with Crippen LogP contribution < -0.4 is 0 Å². The van der Waals surface area contributed by atoms with E-state index in [4.69, 9.17) is 25.3 Å². The molecule has 0 heterocycles. The first kappa shape index (κ1) is 20.7. The fourth-order valence-electron chi connectivity index (χ4n) is 0. The summed E-state index contributed by atoms with van der Waals surface area (Å²) in [6.07, 6.45) is 0. The van der Waals surface area contributed by atoms with Crippen LogP contribution in [0, 0.1) is 94.0 Å². The summed E-state index contributed by atoms with van der Waals surface area (Å²) in [5.74, 6) is 0. The van der Waals surface area contributed by atoms with Crippen LogP contribution >= 0.6 is 0 Å². The number of hydrogen-bond donors (Lipinski definition) is 4. The molecular weight excluding hydrogens is 882 g/mol. The average Bonchev–Trinajstić information content (AvgIpc) is 1.52. The Labute approximate surface area is 122 Å². The maximum absolute atomic E-state index is 9.21. The fraction of sp³-hybridized carbons (Fsp3) is 0. The minimum absolute atomic E-state index is 0.127. The molecule has 13 heavy (non-hydrogen) atoms. The van der Waals surface area contributed by atoms with Gasteiger partial charge in [-0.25, -0.2) is 0 Å². The molecule has 0 fully saturated rings. The molecule has 4 N–H and O–H groups in total. The second kappa shape index (κ2) is 10.8.